The fourth-order valence-electron chi connectivity index (χ4n) is 2.12. The van der Waals surface area contributed by atoms with Crippen molar-refractivity contribution in [3.05, 3.63) is 35.7 Å². The average molecular weight is 249 g/mol. The van der Waals surface area contributed by atoms with Gasteiger partial charge in [0.05, 0.1) is 0 Å². The summed E-state index contributed by atoms with van der Waals surface area (Å²) in [6.45, 7) is 0. The Morgan fingerprint density at radius 3 is 2.78 bits per heavy atom. The van der Waals surface area contributed by atoms with E-state index < -0.39 is 11.8 Å². The first-order valence-electron chi connectivity index (χ1n) is 6.02. The molecule has 0 atom stereocenters. The number of hydrogen-bond donors (Lipinski definition) is 1. The zero-order valence-electron chi connectivity index (χ0n) is 10.3. The monoisotopic (exact) mass is 249 g/mol. The molecular weight excluding hydrogens is 233 g/mol. The molecule has 0 saturated heterocycles. The Bertz CT molecular complexity index is 481. The maximum absolute atomic E-state index is 13.8. The number of benzene rings is 1. The molecule has 1 fully saturated rings. The lowest BCUT2D eigenvalue weighted by atomic mass is 9.91. The second-order valence-corrected chi connectivity index (χ2v) is 4.54. The predicted molar refractivity (Wildman–Crippen MR) is 69.1 cm³/mol. The SMILES string of the molecule is CN(c1cccc(F)c1/C=C/C(=O)O)C1CCC1. The van der Waals surface area contributed by atoms with Crippen LogP contribution < -0.4 is 4.90 Å². The van der Waals surface area contributed by atoms with Crippen molar-refractivity contribution in [1.29, 1.82) is 0 Å². The van der Waals surface area contributed by atoms with E-state index in [1.165, 1.54) is 18.6 Å². The van der Waals surface area contributed by atoms with E-state index in [0.717, 1.165) is 24.6 Å². The lowest BCUT2D eigenvalue weighted by Gasteiger charge is -2.37. The van der Waals surface area contributed by atoms with Gasteiger partial charge in [-0.15, -0.1) is 0 Å². The summed E-state index contributed by atoms with van der Waals surface area (Å²) in [6, 6.07) is 5.25. The fourth-order valence-corrected chi connectivity index (χ4v) is 2.12. The maximum Gasteiger partial charge on any atom is 0.328 e. The minimum atomic E-state index is -1.07. The molecule has 0 bridgehead atoms. The molecule has 18 heavy (non-hydrogen) atoms. The van der Waals surface area contributed by atoms with Crippen molar-refractivity contribution in [2.75, 3.05) is 11.9 Å². The lowest BCUT2D eigenvalue weighted by molar-refractivity contribution is -0.131. The number of hydrogen-bond acceptors (Lipinski definition) is 2. The Hall–Kier alpha value is -1.84. The van der Waals surface area contributed by atoms with Gasteiger partial charge in [-0.05, 0) is 37.5 Å². The molecule has 0 aromatic heterocycles. The van der Waals surface area contributed by atoms with E-state index >= 15 is 0 Å². The van der Waals surface area contributed by atoms with E-state index in [1.54, 1.807) is 6.07 Å². The summed E-state index contributed by atoms with van der Waals surface area (Å²) in [6.07, 6.45) is 5.70. The number of rotatable bonds is 4. The maximum atomic E-state index is 13.8. The van der Waals surface area contributed by atoms with Crippen LogP contribution in [-0.2, 0) is 4.79 Å². The second kappa shape index (κ2) is 5.21. The minimum Gasteiger partial charge on any atom is -0.478 e. The van der Waals surface area contributed by atoms with Crippen LogP contribution in [0.15, 0.2) is 24.3 Å². The number of carbonyl (C=O) groups is 1. The van der Waals surface area contributed by atoms with Crippen molar-refractivity contribution in [1.82, 2.24) is 0 Å². The van der Waals surface area contributed by atoms with Crippen LogP contribution >= 0.6 is 0 Å². The number of carboxylic acids is 1. The van der Waals surface area contributed by atoms with Gasteiger partial charge >= 0.3 is 5.97 Å². The van der Waals surface area contributed by atoms with Gasteiger partial charge in [0.25, 0.3) is 0 Å². The Kier molecular flexibility index (Phi) is 3.65. The Morgan fingerprint density at radius 2 is 2.22 bits per heavy atom. The van der Waals surface area contributed by atoms with Crippen LogP contribution in [-0.4, -0.2) is 24.2 Å². The van der Waals surface area contributed by atoms with Crippen molar-refractivity contribution < 1.29 is 14.3 Å². The van der Waals surface area contributed by atoms with Gasteiger partial charge in [-0.25, -0.2) is 9.18 Å². The highest BCUT2D eigenvalue weighted by Crippen LogP contribution is 2.31. The van der Waals surface area contributed by atoms with E-state index in [4.69, 9.17) is 5.11 Å². The summed E-state index contributed by atoms with van der Waals surface area (Å²) in [4.78, 5) is 12.6. The molecule has 1 aromatic carbocycles. The number of aliphatic carboxylic acids is 1. The molecule has 4 heteroatoms. The standard InChI is InChI=1S/C14H16FNO2/c1-16(10-4-2-5-10)13-7-3-6-12(15)11(13)8-9-14(17)18/h3,6-10H,2,4-5H2,1H3,(H,17,18)/b9-8+. The van der Waals surface area contributed by atoms with E-state index in [1.807, 2.05) is 18.0 Å². The van der Waals surface area contributed by atoms with Crippen molar-refractivity contribution in [2.24, 2.45) is 0 Å². The second-order valence-electron chi connectivity index (χ2n) is 4.54. The van der Waals surface area contributed by atoms with Crippen molar-refractivity contribution in [2.45, 2.75) is 25.3 Å². The first kappa shape index (κ1) is 12.6. The number of carboxylic acid groups (broad SMARTS) is 1. The van der Waals surface area contributed by atoms with Gasteiger partial charge in [-0.3, -0.25) is 0 Å². The average Bonchev–Trinajstić information content (AvgIpc) is 2.24. The molecule has 96 valence electrons. The van der Waals surface area contributed by atoms with Crippen LogP contribution in [0.4, 0.5) is 10.1 Å². The van der Waals surface area contributed by atoms with Gasteiger partial charge in [0.2, 0.25) is 0 Å². The van der Waals surface area contributed by atoms with Gasteiger partial charge in [-0.2, -0.15) is 0 Å². The fraction of sp³-hybridized carbons (Fsp3) is 0.357. The van der Waals surface area contributed by atoms with Crippen LogP contribution in [0.3, 0.4) is 0 Å². The zero-order chi connectivity index (χ0) is 13.1. The van der Waals surface area contributed by atoms with E-state index in [-0.39, 0.29) is 0 Å². The third kappa shape index (κ3) is 2.53. The molecule has 0 amide bonds. The molecule has 0 radical (unpaired) electrons. The van der Waals surface area contributed by atoms with Gasteiger partial charge in [0.15, 0.2) is 0 Å². The Morgan fingerprint density at radius 1 is 1.50 bits per heavy atom. The first-order chi connectivity index (χ1) is 8.59. The highest BCUT2D eigenvalue weighted by atomic mass is 19.1. The highest BCUT2D eigenvalue weighted by molar-refractivity contribution is 5.87. The minimum absolute atomic E-state index is 0.342. The van der Waals surface area contributed by atoms with Crippen molar-refractivity contribution in [3.63, 3.8) is 0 Å². The number of halogens is 1. The number of anilines is 1. The quantitative estimate of drug-likeness (QED) is 0.834. The Labute approximate surface area is 106 Å². The third-order valence-corrected chi connectivity index (χ3v) is 3.42. The molecule has 0 spiro atoms. The van der Waals surface area contributed by atoms with Crippen LogP contribution in [0.2, 0.25) is 0 Å². The van der Waals surface area contributed by atoms with E-state index in [2.05, 4.69) is 0 Å². The smallest absolute Gasteiger partial charge is 0.328 e. The first-order valence-corrected chi connectivity index (χ1v) is 6.02. The normalized spacial score (nSPS) is 15.7. The van der Waals surface area contributed by atoms with Crippen LogP contribution in [0.25, 0.3) is 6.08 Å². The topological polar surface area (TPSA) is 40.5 Å². The van der Waals surface area contributed by atoms with Crippen LogP contribution in [0.1, 0.15) is 24.8 Å². The molecule has 1 aliphatic rings. The van der Waals surface area contributed by atoms with Crippen LogP contribution in [0.5, 0.6) is 0 Å². The molecule has 0 aliphatic heterocycles. The number of nitrogens with zero attached hydrogens (tertiary/aromatic N) is 1. The molecule has 0 heterocycles. The molecule has 1 saturated carbocycles. The lowest BCUT2D eigenvalue weighted by Crippen LogP contribution is -2.37. The molecule has 1 aliphatic carbocycles. The third-order valence-electron chi connectivity index (χ3n) is 3.42. The van der Waals surface area contributed by atoms with Gasteiger partial charge in [0, 0.05) is 30.4 Å². The molecule has 0 unspecified atom stereocenters. The van der Waals surface area contributed by atoms with Gasteiger partial charge in [-0.1, -0.05) is 6.07 Å². The highest BCUT2D eigenvalue weighted by Gasteiger charge is 2.24. The predicted octanol–water partition coefficient (Wildman–Crippen LogP) is 2.91. The van der Waals surface area contributed by atoms with Gasteiger partial charge < -0.3 is 10.0 Å². The Balaban J connectivity index is 2.33. The molecule has 1 N–H and O–H groups in total. The van der Waals surface area contributed by atoms with Crippen molar-refractivity contribution in [3.8, 4) is 0 Å². The van der Waals surface area contributed by atoms with E-state index in [9.17, 15) is 9.18 Å². The summed E-state index contributed by atoms with van der Waals surface area (Å²) in [5.41, 5.74) is 1.09. The summed E-state index contributed by atoms with van der Waals surface area (Å²) in [7, 11) is 1.93. The largest absolute Gasteiger partial charge is 0.478 e. The van der Waals surface area contributed by atoms with Crippen molar-refractivity contribution >= 4 is 17.7 Å². The van der Waals surface area contributed by atoms with Crippen LogP contribution in [0, 0.1) is 5.82 Å². The molecule has 2 rings (SSSR count). The van der Waals surface area contributed by atoms with Gasteiger partial charge in [0.1, 0.15) is 5.82 Å². The molecule has 1 aromatic rings. The summed E-state index contributed by atoms with van der Waals surface area (Å²) in [5.74, 6) is -1.47. The summed E-state index contributed by atoms with van der Waals surface area (Å²) >= 11 is 0. The zero-order valence-corrected chi connectivity index (χ0v) is 10.3. The summed E-state index contributed by atoms with van der Waals surface area (Å²) < 4.78 is 13.8. The molecular formula is C14H16FNO2. The van der Waals surface area contributed by atoms with E-state index in [0.29, 0.717) is 11.6 Å². The molecule has 3 nitrogen and oxygen atoms in total. The summed E-state index contributed by atoms with van der Waals surface area (Å²) in [5, 5.41) is 8.64.